The van der Waals surface area contributed by atoms with Crippen molar-refractivity contribution in [3.8, 4) is 5.75 Å². The van der Waals surface area contributed by atoms with Gasteiger partial charge in [-0.1, -0.05) is 29.9 Å². The van der Waals surface area contributed by atoms with E-state index >= 15 is 0 Å². The van der Waals surface area contributed by atoms with Crippen LogP contribution in [0.1, 0.15) is 22.9 Å². The van der Waals surface area contributed by atoms with Gasteiger partial charge < -0.3 is 14.4 Å². The number of anilines is 1. The van der Waals surface area contributed by atoms with Crippen molar-refractivity contribution in [3.05, 3.63) is 95.5 Å². The van der Waals surface area contributed by atoms with Crippen LogP contribution in [0.15, 0.2) is 77.3 Å². The smallest absolute Gasteiger partial charge is 0.301 e. The van der Waals surface area contributed by atoms with Gasteiger partial charge in [0.15, 0.2) is 5.82 Å². The first kappa shape index (κ1) is 21.0. The first-order valence-electron chi connectivity index (χ1n) is 9.74. The fraction of sp³-hybridized carbons (Fsp3) is 0.125. The van der Waals surface area contributed by atoms with Crippen molar-refractivity contribution in [1.82, 2.24) is 5.16 Å². The maximum Gasteiger partial charge on any atom is 0.301 e. The molecule has 7 nitrogen and oxygen atoms in total. The molecule has 3 aromatic rings. The fourth-order valence-corrected chi connectivity index (χ4v) is 3.54. The van der Waals surface area contributed by atoms with Crippen LogP contribution in [0.25, 0.3) is 5.76 Å². The van der Waals surface area contributed by atoms with Crippen LogP contribution in [0.2, 0.25) is 0 Å². The quantitative estimate of drug-likeness (QED) is 0.269. The van der Waals surface area contributed by atoms with Crippen molar-refractivity contribution in [2.45, 2.75) is 13.0 Å². The minimum Gasteiger partial charge on any atom is -0.507 e. The van der Waals surface area contributed by atoms with E-state index in [4.69, 9.17) is 9.26 Å². The van der Waals surface area contributed by atoms with Gasteiger partial charge in [0.05, 0.1) is 11.6 Å². The average molecular weight is 434 g/mol. The molecule has 1 unspecified atom stereocenters. The van der Waals surface area contributed by atoms with Crippen molar-refractivity contribution in [2.24, 2.45) is 0 Å². The molecule has 1 fully saturated rings. The molecular formula is C24H19FN2O5. The summed E-state index contributed by atoms with van der Waals surface area (Å²) in [7, 11) is 0. The lowest BCUT2D eigenvalue weighted by molar-refractivity contribution is -0.132. The molecule has 8 heteroatoms. The molecule has 1 amide bonds. The number of nitrogens with zero attached hydrogens (tertiary/aromatic N) is 2. The van der Waals surface area contributed by atoms with E-state index in [0.717, 1.165) is 12.1 Å². The summed E-state index contributed by atoms with van der Waals surface area (Å²) in [6.07, 6.45) is 1.59. The van der Waals surface area contributed by atoms with Gasteiger partial charge in [-0.15, -0.1) is 0 Å². The fourth-order valence-electron chi connectivity index (χ4n) is 3.54. The Morgan fingerprint density at radius 3 is 2.66 bits per heavy atom. The van der Waals surface area contributed by atoms with Gasteiger partial charge in [0.25, 0.3) is 5.78 Å². The van der Waals surface area contributed by atoms with E-state index in [1.54, 1.807) is 37.3 Å². The Labute approximate surface area is 183 Å². The number of rotatable bonds is 6. The standard InChI is InChI=1S/C24H19FN2O5/c1-3-11-31-18-6-4-5-16(13-18)21-20(22(28)15-7-9-17(25)10-8-15)23(29)24(30)27(21)19-12-14(2)32-26-19/h3-10,12-13,21,28H,1,11H2,2H3. The van der Waals surface area contributed by atoms with Gasteiger partial charge in [-0.25, -0.2) is 4.39 Å². The molecule has 32 heavy (non-hydrogen) atoms. The summed E-state index contributed by atoms with van der Waals surface area (Å²) in [5.41, 5.74) is 0.558. The predicted molar refractivity (Wildman–Crippen MR) is 115 cm³/mol. The molecule has 0 spiro atoms. The second-order valence-corrected chi connectivity index (χ2v) is 7.14. The highest BCUT2D eigenvalue weighted by Gasteiger charge is 2.48. The lowest BCUT2D eigenvalue weighted by Crippen LogP contribution is -2.29. The highest BCUT2D eigenvalue weighted by molar-refractivity contribution is 6.51. The third kappa shape index (κ3) is 3.78. The van der Waals surface area contributed by atoms with Gasteiger partial charge in [0.2, 0.25) is 0 Å². The topological polar surface area (TPSA) is 92.9 Å². The number of aliphatic hydroxyl groups is 1. The van der Waals surface area contributed by atoms with Crippen molar-refractivity contribution in [1.29, 1.82) is 0 Å². The largest absolute Gasteiger partial charge is 0.507 e. The minimum atomic E-state index is -1.00. The number of hydrogen-bond acceptors (Lipinski definition) is 6. The van der Waals surface area contributed by atoms with Crippen molar-refractivity contribution < 1.29 is 28.3 Å². The molecule has 0 bridgehead atoms. The van der Waals surface area contributed by atoms with E-state index in [0.29, 0.717) is 17.1 Å². The summed E-state index contributed by atoms with van der Waals surface area (Å²) in [6, 6.07) is 12.3. The molecule has 1 N–H and O–H groups in total. The molecule has 162 valence electrons. The summed E-state index contributed by atoms with van der Waals surface area (Å²) >= 11 is 0. The summed E-state index contributed by atoms with van der Waals surface area (Å²) in [6.45, 7) is 5.54. The van der Waals surface area contributed by atoms with Gasteiger partial charge in [-0.3, -0.25) is 14.5 Å². The zero-order valence-electron chi connectivity index (χ0n) is 17.1. The Balaban J connectivity index is 1.90. The number of hydrogen-bond donors (Lipinski definition) is 1. The minimum absolute atomic E-state index is 0.130. The molecule has 1 aliphatic rings. The van der Waals surface area contributed by atoms with E-state index in [1.165, 1.54) is 23.1 Å². The molecule has 1 aliphatic heterocycles. The van der Waals surface area contributed by atoms with Crippen LogP contribution >= 0.6 is 0 Å². The molecule has 2 aromatic carbocycles. The van der Waals surface area contributed by atoms with Crippen LogP contribution in [0.4, 0.5) is 10.2 Å². The Bertz CT molecular complexity index is 1230. The monoisotopic (exact) mass is 434 g/mol. The summed E-state index contributed by atoms with van der Waals surface area (Å²) in [5.74, 6) is -1.62. The molecule has 1 saturated heterocycles. The van der Waals surface area contributed by atoms with Crippen molar-refractivity contribution >= 4 is 23.3 Å². The number of benzene rings is 2. The number of aliphatic hydroxyl groups excluding tert-OH is 1. The van der Waals surface area contributed by atoms with E-state index in [-0.39, 0.29) is 23.6 Å². The number of ether oxygens (including phenoxy) is 1. The number of ketones is 1. The number of Topliss-reactive ketones (excluding diaryl/α,β-unsaturated/α-hetero) is 1. The molecule has 0 saturated carbocycles. The SMILES string of the molecule is C=CCOc1cccc(C2C(=C(O)c3ccc(F)cc3)C(=O)C(=O)N2c2cc(C)on2)c1. The predicted octanol–water partition coefficient (Wildman–Crippen LogP) is 4.31. The third-order valence-corrected chi connectivity index (χ3v) is 4.97. The van der Waals surface area contributed by atoms with Gasteiger partial charge in [-0.05, 0) is 48.9 Å². The number of carbonyl (C=O) groups excluding carboxylic acids is 2. The summed E-state index contributed by atoms with van der Waals surface area (Å²) < 4.78 is 24.1. The Hall–Kier alpha value is -4.20. The maximum atomic E-state index is 13.4. The second kappa shape index (κ2) is 8.50. The molecular weight excluding hydrogens is 415 g/mol. The Morgan fingerprint density at radius 1 is 1.25 bits per heavy atom. The third-order valence-electron chi connectivity index (χ3n) is 4.97. The number of halogens is 1. The van der Waals surface area contributed by atoms with Gasteiger partial charge in [0, 0.05) is 11.6 Å². The molecule has 0 aliphatic carbocycles. The van der Waals surface area contributed by atoms with E-state index in [2.05, 4.69) is 11.7 Å². The summed E-state index contributed by atoms with van der Waals surface area (Å²) in [4.78, 5) is 27.2. The summed E-state index contributed by atoms with van der Waals surface area (Å²) in [5, 5.41) is 14.9. The molecule has 2 heterocycles. The first-order valence-corrected chi connectivity index (χ1v) is 9.74. The number of aromatic nitrogens is 1. The molecule has 4 rings (SSSR count). The number of carbonyl (C=O) groups is 2. The van der Waals surface area contributed by atoms with Crippen LogP contribution in [-0.4, -0.2) is 28.6 Å². The molecule has 0 radical (unpaired) electrons. The van der Waals surface area contributed by atoms with Crippen molar-refractivity contribution in [2.75, 3.05) is 11.5 Å². The van der Waals surface area contributed by atoms with Gasteiger partial charge in [0.1, 0.15) is 29.7 Å². The highest BCUT2D eigenvalue weighted by Crippen LogP contribution is 2.42. The van der Waals surface area contributed by atoms with Crippen LogP contribution in [-0.2, 0) is 9.59 Å². The zero-order valence-corrected chi connectivity index (χ0v) is 17.1. The number of amides is 1. The van der Waals surface area contributed by atoms with E-state index < -0.39 is 29.3 Å². The zero-order chi connectivity index (χ0) is 22.8. The van der Waals surface area contributed by atoms with Crippen LogP contribution in [0, 0.1) is 12.7 Å². The van der Waals surface area contributed by atoms with Crippen molar-refractivity contribution in [3.63, 3.8) is 0 Å². The first-order chi connectivity index (χ1) is 15.4. The van der Waals surface area contributed by atoms with Gasteiger partial charge >= 0.3 is 5.91 Å². The Kier molecular flexibility index (Phi) is 5.59. The maximum absolute atomic E-state index is 13.4. The highest BCUT2D eigenvalue weighted by atomic mass is 19.1. The average Bonchev–Trinajstić information content (AvgIpc) is 3.33. The van der Waals surface area contributed by atoms with E-state index in [9.17, 15) is 19.1 Å². The Morgan fingerprint density at radius 2 is 2.00 bits per heavy atom. The van der Waals surface area contributed by atoms with Crippen LogP contribution < -0.4 is 9.64 Å². The lowest BCUT2D eigenvalue weighted by atomic mass is 9.95. The normalized spacial score (nSPS) is 17.6. The molecule has 1 aromatic heterocycles. The van der Waals surface area contributed by atoms with Crippen LogP contribution in [0.5, 0.6) is 5.75 Å². The lowest BCUT2D eigenvalue weighted by Gasteiger charge is -2.23. The number of aryl methyl sites for hydroxylation is 1. The second-order valence-electron chi connectivity index (χ2n) is 7.14. The van der Waals surface area contributed by atoms with Gasteiger partial charge in [-0.2, -0.15) is 0 Å². The van der Waals surface area contributed by atoms with Crippen LogP contribution in [0.3, 0.4) is 0 Å². The van der Waals surface area contributed by atoms with E-state index in [1.807, 2.05) is 0 Å². The molecule has 1 atom stereocenters.